The molecule has 1 fully saturated rings. The zero-order valence-electron chi connectivity index (χ0n) is 15.8. The lowest BCUT2D eigenvalue weighted by Gasteiger charge is -2.21. The average molecular weight is 428 g/mol. The van der Waals surface area contributed by atoms with Crippen LogP contribution in [0.5, 0.6) is 0 Å². The van der Waals surface area contributed by atoms with Crippen molar-refractivity contribution < 1.29 is 24.2 Å². The van der Waals surface area contributed by atoms with Crippen molar-refractivity contribution in [2.75, 3.05) is 23.8 Å². The predicted octanol–water partition coefficient (Wildman–Crippen LogP) is 3.73. The number of nitrogens with zero attached hydrogens (tertiary/aromatic N) is 1. The molecule has 0 saturated carbocycles. The maximum absolute atomic E-state index is 13.3. The van der Waals surface area contributed by atoms with Crippen LogP contribution in [0.1, 0.15) is 24.0 Å². The Labute approximate surface area is 173 Å². The van der Waals surface area contributed by atoms with Gasteiger partial charge < -0.3 is 15.1 Å². The summed E-state index contributed by atoms with van der Waals surface area (Å²) in [6, 6.07) is 4.75. The number of carboxylic acid groups (broad SMARTS) is 1. The number of aryl methyl sites for hydroxylation is 1. The largest absolute Gasteiger partial charge is 0.481 e. The van der Waals surface area contributed by atoms with Crippen LogP contribution >= 0.6 is 23.5 Å². The number of hydrogen-bond donors (Lipinski definition) is 2. The molecule has 1 aromatic rings. The number of halogens is 1. The van der Waals surface area contributed by atoms with Gasteiger partial charge in [0.1, 0.15) is 5.82 Å². The van der Waals surface area contributed by atoms with E-state index in [1.807, 2.05) is 6.08 Å². The summed E-state index contributed by atoms with van der Waals surface area (Å²) in [5, 5.41) is 18.9. The van der Waals surface area contributed by atoms with Crippen LogP contribution in [-0.2, 0) is 11.2 Å². The van der Waals surface area contributed by atoms with E-state index >= 15 is 0 Å². The Morgan fingerprint density at radius 1 is 1.46 bits per heavy atom. The molecule has 0 bridgehead atoms. The molecule has 0 spiro atoms. The number of carboxylic acids is 1. The molecule has 1 aliphatic rings. The van der Waals surface area contributed by atoms with Gasteiger partial charge in [0.05, 0.1) is 12.1 Å². The van der Waals surface area contributed by atoms with Crippen LogP contribution in [0, 0.1) is 12.7 Å². The lowest BCUT2D eigenvalue weighted by molar-refractivity contribution is -0.137. The van der Waals surface area contributed by atoms with Gasteiger partial charge in [0.15, 0.2) is 0 Å². The molecular weight excluding hydrogens is 401 g/mol. The fourth-order valence-corrected chi connectivity index (χ4v) is 4.75. The molecule has 28 heavy (non-hydrogen) atoms. The summed E-state index contributed by atoms with van der Waals surface area (Å²) < 4.78 is 13.3. The third-order valence-corrected chi connectivity index (χ3v) is 6.43. The molecule has 1 heterocycles. The minimum atomic E-state index is -0.786. The highest BCUT2D eigenvalue weighted by molar-refractivity contribution is 8.13. The van der Waals surface area contributed by atoms with Crippen LogP contribution in [0.2, 0.25) is 0 Å². The Kier molecular flexibility index (Phi) is 9.34. The normalized spacial score (nSPS) is 18.2. The van der Waals surface area contributed by atoms with E-state index in [0.29, 0.717) is 30.7 Å². The van der Waals surface area contributed by atoms with Crippen molar-refractivity contribution in [2.24, 2.45) is 0 Å². The van der Waals surface area contributed by atoms with Crippen molar-refractivity contribution in [1.82, 2.24) is 4.90 Å². The maximum Gasteiger partial charge on any atom is 0.303 e. The van der Waals surface area contributed by atoms with Gasteiger partial charge in [0.2, 0.25) is 0 Å². The van der Waals surface area contributed by atoms with E-state index in [9.17, 15) is 19.1 Å². The fraction of sp³-hybridized carbons (Fsp3) is 0.500. The summed E-state index contributed by atoms with van der Waals surface area (Å²) in [5.74, 6) is 1.13. The molecule has 5 nitrogen and oxygen atoms in total. The number of benzene rings is 1. The standard InChI is InChI=1S/C20H26FNO4S2/c1-14-11-15(4-7-18(14)21)12-17(23)6-5-16-13-28-20(26)22(16)8-10-27-9-2-3-19(24)25/h4-7,11,16-17,23H,2-3,8-10,12-13H2,1H3,(H,24,25)/b6-5+/t16-,17+/m0/s1. The molecule has 2 N–H and O–H groups in total. The molecule has 2 rings (SSSR count). The van der Waals surface area contributed by atoms with Gasteiger partial charge in [0, 0.05) is 30.9 Å². The van der Waals surface area contributed by atoms with Crippen LogP contribution in [-0.4, -0.2) is 62.3 Å². The Bertz CT molecular complexity index is 713. The molecule has 154 valence electrons. The molecule has 1 aliphatic heterocycles. The molecule has 1 aromatic carbocycles. The number of rotatable bonds is 11. The Morgan fingerprint density at radius 3 is 2.96 bits per heavy atom. The highest BCUT2D eigenvalue weighted by Gasteiger charge is 2.29. The summed E-state index contributed by atoms with van der Waals surface area (Å²) >= 11 is 2.91. The number of carbonyl (C=O) groups is 2. The van der Waals surface area contributed by atoms with Gasteiger partial charge in [-0.25, -0.2) is 4.39 Å². The van der Waals surface area contributed by atoms with E-state index in [0.717, 1.165) is 17.1 Å². The quantitative estimate of drug-likeness (QED) is 0.414. The highest BCUT2D eigenvalue weighted by atomic mass is 32.2. The van der Waals surface area contributed by atoms with Crippen LogP contribution in [0.3, 0.4) is 0 Å². The van der Waals surface area contributed by atoms with Gasteiger partial charge in [-0.2, -0.15) is 11.8 Å². The van der Waals surface area contributed by atoms with Gasteiger partial charge in [-0.05, 0) is 36.3 Å². The van der Waals surface area contributed by atoms with E-state index in [1.165, 1.54) is 17.8 Å². The molecule has 0 radical (unpaired) electrons. The minimum Gasteiger partial charge on any atom is -0.481 e. The summed E-state index contributed by atoms with van der Waals surface area (Å²) in [5.41, 5.74) is 1.42. The Hall–Kier alpha value is -1.51. The van der Waals surface area contributed by atoms with Crippen LogP contribution < -0.4 is 0 Å². The third kappa shape index (κ3) is 7.48. The number of carbonyl (C=O) groups excluding carboxylic acids is 1. The first-order valence-electron chi connectivity index (χ1n) is 9.21. The van der Waals surface area contributed by atoms with Crippen molar-refractivity contribution >= 4 is 34.7 Å². The van der Waals surface area contributed by atoms with Gasteiger partial charge in [-0.15, -0.1) is 0 Å². The monoisotopic (exact) mass is 427 g/mol. The molecule has 2 atom stereocenters. The van der Waals surface area contributed by atoms with Crippen LogP contribution in [0.4, 0.5) is 9.18 Å². The molecular formula is C20H26FNO4S2. The topological polar surface area (TPSA) is 77.8 Å². The third-order valence-electron chi connectivity index (χ3n) is 4.39. The Balaban J connectivity index is 1.79. The first-order chi connectivity index (χ1) is 13.4. The van der Waals surface area contributed by atoms with E-state index in [-0.39, 0.29) is 23.5 Å². The van der Waals surface area contributed by atoms with Crippen LogP contribution in [0.25, 0.3) is 0 Å². The number of hydrogen-bond acceptors (Lipinski definition) is 5. The van der Waals surface area contributed by atoms with Crippen molar-refractivity contribution in [3.63, 3.8) is 0 Å². The zero-order valence-corrected chi connectivity index (χ0v) is 17.5. The van der Waals surface area contributed by atoms with Gasteiger partial charge in [0.25, 0.3) is 5.24 Å². The molecule has 0 unspecified atom stereocenters. The lowest BCUT2D eigenvalue weighted by atomic mass is 10.0. The second-order valence-corrected chi connectivity index (χ2v) is 8.88. The molecule has 1 amide bonds. The van der Waals surface area contributed by atoms with Crippen molar-refractivity contribution in [1.29, 1.82) is 0 Å². The fourth-order valence-electron chi connectivity index (χ4n) is 2.87. The second kappa shape index (κ2) is 11.5. The number of aliphatic hydroxyl groups excluding tert-OH is 1. The van der Waals surface area contributed by atoms with E-state index in [4.69, 9.17) is 5.11 Å². The zero-order chi connectivity index (χ0) is 20.5. The van der Waals surface area contributed by atoms with Crippen molar-refractivity contribution in [3.8, 4) is 0 Å². The summed E-state index contributed by atoms with van der Waals surface area (Å²) in [7, 11) is 0. The second-order valence-electron chi connectivity index (χ2n) is 6.69. The van der Waals surface area contributed by atoms with Crippen molar-refractivity contribution in [2.45, 2.75) is 38.3 Å². The van der Waals surface area contributed by atoms with E-state index in [1.54, 1.807) is 41.8 Å². The van der Waals surface area contributed by atoms with Gasteiger partial charge >= 0.3 is 5.97 Å². The average Bonchev–Trinajstić information content (AvgIpc) is 2.99. The number of aliphatic carboxylic acids is 1. The molecule has 8 heteroatoms. The lowest BCUT2D eigenvalue weighted by Crippen LogP contribution is -2.34. The minimum absolute atomic E-state index is 0.0319. The van der Waals surface area contributed by atoms with Gasteiger partial charge in [-0.1, -0.05) is 36.0 Å². The van der Waals surface area contributed by atoms with Crippen molar-refractivity contribution in [3.05, 3.63) is 47.3 Å². The number of aliphatic hydroxyl groups is 1. The first-order valence-corrected chi connectivity index (χ1v) is 11.3. The van der Waals surface area contributed by atoms with Crippen LogP contribution in [0.15, 0.2) is 30.4 Å². The summed E-state index contributed by atoms with van der Waals surface area (Å²) in [4.78, 5) is 24.4. The summed E-state index contributed by atoms with van der Waals surface area (Å²) in [6.45, 7) is 2.30. The number of thioether (sulfide) groups is 2. The Morgan fingerprint density at radius 2 is 2.25 bits per heavy atom. The smallest absolute Gasteiger partial charge is 0.303 e. The van der Waals surface area contributed by atoms with E-state index in [2.05, 4.69) is 0 Å². The molecule has 0 aromatic heterocycles. The maximum atomic E-state index is 13.3. The first kappa shape index (κ1) is 22.8. The summed E-state index contributed by atoms with van der Waals surface area (Å²) in [6.07, 6.45) is 4.07. The molecule has 1 saturated heterocycles. The predicted molar refractivity (Wildman–Crippen MR) is 113 cm³/mol. The van der Waals surface area contributed by atoms with Gasteiger partial charge in [-0.3, -0.25) is 9.59 Å². The van der Waals surface area contributed by atoms with E-state index < -0.39 is 12.1 Å². The number of amides is 1. The highest BCUT2D eigenvalue weighted by Crippen LogP contribution is 2.25. The molecule has 0 aliphatic carbocycles. The SMILES string of the molecule is Cc1cc(C[C@H](O)/C=C/[C@H]2CSC(=O)N2CCSCCCC(=O)O)ccc1F.